The molecule has 1 aliphatic heterocycles. The highest BCUT2D eigenvalue weighted by Crippen LogP contribution is 2.25. The smallest absolute Gasteiger partial charge is 0.0572 e. The molecule has 3 heteroatoms. The second kappa shape index (κ2) is 6.17. The summed E-state index contributed by atoms with van der Waals surface area (Å²) in [5.41, 5.74) is 3.78. The van der Waals surface area contributed by atoms with E-state index in [0.29, 0.717) is 24.2 Å². The van der Waals surface area contributed by atoms with Crippen molar-refractivity contribution in [1.29, 1.82) is 0 Å². The average molecular weight is 240 g/mol. The van der Waals surface area contributed by atoms with Gasteiger partial charge in [-0.05, 0) is 52.4 Å². The molecular weight excluding hydrogens is 212 g/mol. The Labute approximate surface area is 106 Å². The Hall–Kier alpha value is -0.120. The SMILES string of the molecule is COC1CCC(NN2C(C)CCCC2C)CC1. The van der Waals surface area contributed by atoms with Crippen LogP contribution in [0.15, 0.2) is 0 Å². The summed E-state index contributed by atoms with van der Waals surface area (Å²) in [6.45, 7) is 4.70. The Balaban J connectivity index is 1.80. The zero-order valence-corrected chi connectivity index (χ0v) is 11.6. The van der Waals surface area contributed by atoms with Gasteiger partial charge in [-0.1, -0.05) is 6.42 Å². The quantitative estimate of drug-likeness (QED) is 0.821. The summed E-state index contributed by atoms with van der Waals surface area (Å²) in [5, 5.41) is 2.52. The van der Waals surface area contributed by atoms with E-state index in [1.54, 1.807) is 0 Å². The normalized spacial score (nSPS) is 40.4. The van der Waals surface area contributed by atoms with Crippen LogP contribution >= 0.6 is 0 Å². The Morgan fingerprint density at radius 2 is 1.53 bits per heavy atom. The summed E-state index contributed by atoms with van der Waals surface area (Å²) in [5.74, 6) is 0. The highest BCUT2D eigenvalue weighted by atomic mass is 16.5. The first-order valence-electron chi connectivity index (χ1n) is 7.28. The zero-order valence-electron chi connectivity index (χ0n) is 11.6. The third kappa shape index (κ3) is 3.43. The minimum absolute atomic E-state index is 0.504. The number of ether oxygens (including phenoxy) is 1. The van der Waals surface area contributed by atoms with Crippen LogP contribution in [-0.2, 0) is 4.74 Å². The maximum absolute atomic E-state index is 5.43. The van der Waals surface area contributed by atoms with Gasteiger partial charge in [-0.15, -0.1) is 0 Å². The van der Waals surface area contributed by atoms with Gasteiger partial charge in [0.25, 0.3) is 0 Å². The molecule has 17 heavy (non-hydrogen) atoms. The van der Waals surface area contributed by atoms with E-state index in [1.807, 2.05) is 7.11 Å². The van der Waals surface area contributed by atoms with Crippen molar-refractivity contribution < 1.29 is 4.74 Å². The van der Waals surface area contributed by atoms with E-state index in [1.165, 1.54) is 44.9 Å². The van der Waals surface area contributed by atoms with Crippen LogP contribution in [0.2, 0.25) is 0 Å². The molecule has 0 aromatic rings. The fraction of sp³-hybridized carbons (Fsp3) is 1.00. The molecule has 0 amide bonds. The van der Waals surface area contributed by atoms with E-state index in [0.717, 1.165) is 0 Å². The van der Waals surface area contributed by atoms with E-state index in [4.69, 9.17) is 4.74 Å². The standard InChI is InChI=1S/C14H28N2O/c1-11-5-4-6-12(2)16(11)15-13-7-9-14(17-3)10-8-13/h11-15H,4-10H2,1-3H3. The first-order chi connectivity index (χ1) is 8.20. The van der Waals surface area contributed by atoms with Gasteiger partial charge >= 0.3 is 0 Å². The molecule has 3 nitrogen and oxygen atoms in total. The number of rotatable bonds is 3. The monoisotopic (exact) mass is 240 g/mol. The van der Waals surface area contributed by atoms with E-state index in [9.17, 15) is 0 Å². The fourth-order valence-corrected chi connectivity index (χ4v) is 3.31. The number of hydrazine groups is 1. The van der Waals surface area contributed by atoms with Crippen molar-refractivity contribution in [2.24, 2.45) is 0 Å². The van der Waals surface area contributed by atoms with Crippen LogP contribution in [0.3, 0.4) is 0 Å². The number of piperidine rings is 1. The third-order valence-electron chi connectivity index (χ3n) is 4.53. The lowest BCUT2D eigenvalue weighted by atomic mass is 9.93. The molecule has 0 aromatic heterocycles. The lowest BCUT2D eigenvalue weighted by Crippen LogP contribution is -2.56. The van der Waals surface area contributed by atoms with Gasteiger partial charge in [0.15, 0.2) is 0 Å². The molecule has 1 saturated heterocycles. The van der Waals surface area contributed by atoms with Crippen molar-refractivity contribution in [3.05, 3.63) is 0 Å². The molecule has 0 radical (unpaired) electrons. The molecule has 100 valence electrons. The first kappa shape index (κ1) is 13.3. The van der Waals surface area contributed by atoms with Crippen molar-refractivity contribution in [2.45, 2.75) is 83.0 Å². The van der Waals surface area contributed by atoms with E-state index in [2.05, 4.69) is 24.3 Å². The van der Waals surface area contributed by atoms with Gasteiger partial charge in [-0.3, -0.25) is 5.43 Å². The van der Waals surface area contributed by atoms with E-state index >= 15 is 0 Å². The van der Waals surface area contributed by atoms with Crippen LogP contribution in [-0.4, -0.2) is 36.3 Å². The van der Waals surface area contributed by atoms with Crippen molar-refractivity contribution in [2.75, 3.05) is 7.11 Å². The predicted octanol–water partition coefficient (Wildman–Crippen LogP) is 2.71. The number of methoxy groups -OCH3 is 1. The molecule has 2 rings (SSSR count). The van der Waals surface area contributed by atoms with Gasteiger partial charge in [-0.25, -0.2) is 5.01 Å². The summed E-state index contributed by atoms with van der Waals surface area (Å²) < 4.78 is 5.43. The van der Waals surface area contributed by atoms with Gasteiger partial charge in [-0.2, -0.15) is 0 Å². The maximum Gasteiger partial charge on any atom is 0.0572 e. The van der Waals surface area contributed by atoms with Crippen molar-refractivity contribution in [3.8, 4) is 0 Å². The Bertz CT molecular complexity index is 216. The van der Waals surface area contributed by atoms with E-state index < -0.39 is 0 Å². The molecule has 2 unspecified atom stereocenters. The second-order valence-electron chi connectivity index (χ2n) is 5.87. The van der Waals surface area contributed by atoms with Crippen LogP contribution in [0, 0.1) is 0 Å². The summed E-state index contributed by atoms with van der Waals surface area (Å²) in [6.07, 6.45) is 9.51. The average Bonchev–Trinajstić information content (AvgIpc) is 2.35. The van der Waals surface area contributed by atoms with Crippen LogP contribution in [0.5, 0.6) is 0 Å². The minimum atomic E-state index is 0.504. The van der Waals surface area contributed by atoms with Gasteiger partial charge in [0.05, 0.1) is 6.10 Å². The number of hydrogen-bond donors (Lipinski definition) is 1. The maximum atomic E-state index is 5.43. The van der Waals surface area contributed by atoms with Crippen molar-refractivity contribution >= 4 is 0 Å². The molecule has 1 aliphatic carbocycles. The molecule has 2 aliphatic rings. The Morgan fingerprint density at radius 3 is 2.06 bits per heavy atom. The molecule has 1 saturated carbocycles. The molecule has 1 heterocycles. The fourth-order valence-electron chi connectivity index (χ4n) is 3.31. The van der Waals surface area contributed by atoms with Crippen LogP contribution in [0.1, 0.15) is 58.8 Å². The lowest BCUT2D eigenvalue weighted by molar-refractivity contribution is 0.00395. The molecule has 0 bridgehead atoms. The number of nitrogens with one attached hydrogen (secondary N) is 1. The number of nitrogens with zero attached hydrogens (tertiary/aromatic N) is 1. The van der Waals surface area contributed by atoms with Gasteiger partial charge < -0.3 is 4.74 Å². The molecule has 2 atom stereocenters. The predicted molar refractivity (Wildman–Crippen MR) is 70.8 cm³/mol. The van der Waals surface area contributed by atoms with Gasteiger partial charge in [0.2, 0.25) is 0 Å². The van der Waals surface area contributed by atoms with E-state index in [-0.39, 0.29) is 0 Å². The third-order valence-corrected chi connectivity index (χ3v) is 4.53. The van der Waals surface area contributed by atoms with Crippen molar-refractivity contribution in [3.63, 3.8) is 0 Å². The summed E-state index contributed by atoms with van der Waals surface area (Å²) >= 11 is 0. The van der Waals surface area contributed by atoms with Crippen LogP contribution < -0.4 is 5.43 Å². The van der Waals surface area contributed by atoms with Crippen LogP contribution in [0.4, 0.5) is 0 Å². The highest BCUT2D eigenvalue weighted by molar-refractivity contribution is 4.82. The molecule has 0 aromatic carbocycles. The highest BCUT2D eigenvalue weighted by Gasteiger charge is 2.28. The topological polar surface area (TPSA) is 24.5 Å². The molecule has 0 spiro atoms. The van der Waals surface area contributed by atoms with Gasteiger partial charge in [0, 0.05) is 25.2 Å². The van der Waals surface area contributed by atoms with Gasteiger partial charge in [0.1, 0.15) is 0 Å². The first-order valence-corrected chi connectivity index (χ1v) is 7.28. The Kier molecular flexibility index (Phi) is 4.83. The number of hydrogen-bond acceptors (Lipinski definition) is 3. The second-order valence-corrected chi connectivity index (χ2v) is 5.87. The lowest BCUT2D eigenvalue weighted by Gasteiger charge is -2.42. The summed E-state index contributed by atoms with van der Waals surface area (Å²) in [7, 11) is 1.84. The summed E-state index contributed by atoms with van der Waals surface area (Å²) in [4.78, 5) is 0. The summed E-state index contributed by atoms with van der Waals surface area (Å²) in [6, 6.07) is 2.06. The van der Waals surface area contributed by atoms with Crippen molar-refractivity contribution in [1.82, 2.24) is 10.4 Å². The largest absolute Gasteiger partial charge is 0.381 e. The zero-order chi connectivity index (χ0) is 12.3. The Morgan fingerprint density at radius 1 is 0.941 bits per heavy atom. The van der Waals surface area contributed by atoms with Crippen LogP contribution in [0.25, 0.3) is 0 Å². The minimum Gasteiger partial charge on any atom is -0.381 e. The molecular formula is C14H28N2O. The molecule has 1 N–H and O–H groups in total. The molecule has 2 fully saturated rings.